The zero-order chi connectivity index (χ0) is 7.40. The summed E-state index contributed by atoms with van der Waals surface area (Å²) in [7, 11) is 0. The first-order valence-electron chi connectivity index (χ1n) is 2.99. The number of rotatable bonds is 1. The van der Waals surface area contributed by atoms with Gasteiger partial charge in [-0.1, -0.05) is 0 Å². The maximum Gasteiger partial charge on any atom is 0.310 e. The van der Waals surface area contributed by atoms with Gasteiger partial charge in [-0.05, 0) is 12.5 Å². The fraction of sp³-hybridized carbons (Fsp3) is 0.286. The van der Waals surface area contributed by atoms with Crippen molar-refractivity contribution in [2.24, 2.45) is 0 Å². The number of ether oxygens (including phenoxy) is 2. The highest BCUT2D eigenvalue weighted by Gasteiger charge is 2.02. The van der Waals surface area contributed by atoms with E-state index in [-0.39, 0.29) is 11.9 Å². The average molecular weight is 140 g/mol. The van der Waals surface area contributed by atoms with Crippen molar-refractivity contribution in [1.29, 1.82) is 0 Å². The summed E-state index contributed by atoms with van der Waals surface area (Å²) in [6.45, 7) is 1.34. The number of allylic oxidation sites excluding steroid dienone is 2. The molecular weight excluding hydrogens is 132 g/mol. The minimum absolute atomic E-state index is 0.273. The SMILES string of the molecule is CC(=O)OC1=CCC=CO1. The van der Waals surface area contributed by atoms with Gasteiger partial charge in [0.2, 0.25) is 0 Å². The van der Waals surface area contributed by atoms with E-state index in [9.17, 15) is 4.79 Å². The lowest BCUT2D eigenvalue weighted by Crippen LogP contribution is -2.01. The molecule has 0 atom stereocenters. The molecule has 1 aliphatic heterocycles. The quantitative estimate of drug-likeness (QED) is 0.515. The van der Waals surface area contributed by atoms with Crippen LogP contribution in [0.1, 0.15) is 13.3 Å². The molecule has 10 heavy (non-hydrogen) atoms. The molecule has 54 valence electrons. The molecule has 3 heteroatoms. The molecule has 1 rings (SSSR count). The fourth-order valence-corrected chi connectivity index (χ4v) is 0.590. The highest BCUT2D eigenvalue weighted by atomic mass is 16.7. The Kier molecular flexibility index (Phi) is 2.10. The molecule has 0 amide bonds. The smallest absolute Gasteiger partial charge is 0.310 e. The average Bonchev–Trinajstić information content (AvgIpc) is 1.88. The number of carbonyl (C=O) groups excluding carboxylic acids is 1. The molecule has 0 aromatic rings. The number of carbonyl (C=O) groups is 1. The second kappa shape index (κ2) is 3.06. The molecule has 1 aliphatic rings. The van der Waals surface area contributed by atoms with Crippen LogP contribution in [0.5, 0.6) is 0 Å². The van der Waals surface area contributed by atoms with Gasteiger partial charge in [0.15, 0.2) is 0 Å². The van der Waals surface area contributed by atoms with E-state index in [1.54, 1.807) is 6.08 Å². The molecule has 0 fully saturated rings. The molecule has 0 aromatic heterocycles. The maximum atomic E-state index is 10.3. The van der Waals surface area contributed by atoms with Crippen LogP contribution in [0.15, 0.2) is 24.4 Å². The van der Waals surface area contributed by atoms with Gasteiger partial charge in [0.25, 0.3) is 5.95 Å². The molecule has 0 saturated heterocycles. The Balaban J connectivity index is 2.41. The van der Waals surface area contributed by atoms with Crippen LogP contribution in [0.2, 0.25) is 0 Å². The fourth-order valence-electron chi connectivity index (χ4n) is 0.590. The molecule has 0 unspecified atom stereocenters. The van der Waals surface area contributed by atoms with Crippen molar-refractivity contribution in [3.63, 3.8) is 0 Å². The van der Waals surface area contributed by atoms with Crippen LogP contribution in [0.25, 0.3) is 0 Å². The van der Waals surface area contributed by atoms with Gasteiger partial charge < -0.3 is 9.47 Å². The highest BCUT2D eigenvalue weighted by Crippen LogP contribution is 2.08. The van der Waals surface area contributed by atoms with E-state index < -0.39 is 0 Å². The third-order valence-electron chi connectivity index (χ3n) is 0.945. The third-order valence-corrected chi connectivity index (χ3v) is 0.945. The van der Waals surface area contributed by atoms with Crippen LogP contribution in [0.4, 0.5) is 0 Å². The van der Waals surface area contributed by atoms with Crippen molar-refractivity contribution >= 4 is 5.97 Å². The summed E-state index contributed by atoms with van der Waals surface area (Å²) >= 11 is 0. The predicted octanol–water partition coefficient (Wildman–Crippen LogP) is 1.32. The molecule has 0 radical (unpaired) electrons. The summed E-state index contributed by atoms with van der Waals surface area (Å²) in [5.74, 6) is -0.0865. The van der Waals surface area contributed by atoms with Gasteiger partial charge in [0.05, 0.1) is 6.26 Å². The topological polar surface area (TPSA) is 35.5 Å². The van der Waals surface area contributed by atoms with Crippen LogP contribution in [-0.2, 0) is 14.3 Å². The Morgan fingerprint density at radius 2 is 2.60 bits per heavy atom. The van der Waals surface area contributed by atoms with Crippen LogP contribution in [0, 0.1) is 0 Å². The van der Waals surface area contributed by atoms with Gasteiger partial charge in [0.1, 0.15) is 0 Å². The van der Waals surface area contributed by atoms with Crippen molar-refractivity contribution in [2.75, 3.05) is 0 Å². The van der Waals surface area contributed by atoms with Crippen LogP contribution >= 0.6 is 0 Å². The maximum absolute atomic E-state index is 10.3. The van der Waals surface area contributed by atoms with E-state index in [2.05, 4.69) is 4.74 Å². The monoisotopic (exact) mass is 140 g/mol. The van der Waals surface area contributed by atoms with Crippen molar-refractivity contribution in [3.8, 4) is 0 Å². The summed E-state index contributed by atoms with van der Waals surface area (Å²) in [5.41, 5.74) is 0. The Labute approximate surface area is 58.9 Å². The Morgan fingerprint density at radius 3 is 3.10 bits per heavy atom. The molecular formula is C7H8O3. The third kappa shape index (κ3) is 1.93. The summed E-state index contributed by atoms with van der Waals surface area (Å²) in [6.07, 6.45) is 5.77. The van der Waals surface area contributed by atoms with E-state index in [1.165, 1.54) is 13.2 Å². The van der Waals surface area contributed by atoms with Gasteiger partial charge in [0, 0.05) is 13.0 Å². The van der Waals surface area contributed by atoms with Crippen LogP contribution in [0.3, 0.4) is 0 Å². The van der Waals surface area contributed by atoms with E-state index in [1.807, 2.05) is 6.08 Å². The Bertz CT molecular complexity index is 191. The van der Waals surface area contributed by atoms with Crippen LogP contribution < -0.4 is 0 Å². The number of esters is 1. The van der Waals surface area contributed by atoms with E-state index in [0.717, 1.165) is 6.42 Å². The standard InChI is InChI=1S/C7H8O3/c1-6(8)10-7-4-2-3-5-9-7/h3-5H,2H2,1H3. The number of hydrogen-bond donors (Lipinski definition) is 0. The van der Waals surface area contributed by atoms with Gasteiger partial charge in [-0.3, -0.25) is 4.79 Å². The lowest BCUT2D eigenvalue weighted by atomic mass is 10.4. The molecule has 3 nitrogen and oxygen atoms in total. The summed E-state index contributed by atoms with van der Waals surface area (Å²) in [5, 5.41) is 0. The first-order chi connectivity index (χ1) is 4.79. The van der Waals surface area contributed by atoms with E-state index >= 15 is 0 Å². The first kappa shape index (κ1) is 6.86. The van der Waals surface area contributed by atoms with Gasteiger partial charge in [-0.25, -0.2) is 0 Å². The summed E-state index contributed by atoms with van der Waals surface area (Å²) < 4.78 is 9.47. The van der Waals surface area contributed by atoms with Crippen molar-refractivity contribution in [3.05, 3.63) is 24.4 Å². The zero-order valence-electron chi connectivity index (χ0n) is 5.66. The lowest BCUT2D eigenvalue weighted by Gasteiger charge is -2.06. The number of hydrogen-bond acceptors (Lipinski definition) is 3. The lowest BCUT2D eigenvalue weighted by molar-refractivity contribution is -0.141. The molecule has 0 spiro atoms. The molecule has 0 aliphatic carbocycles. The van der Waals surface area contributed by atoms with Crippen molar-refractivity contribution < 1.29 is 14.3 Å². The first-order valence-corrected chi connectivity index (χ1v) is 2.99. The Morgan fingerprint density at radius 1 is 1.80 bits per heavy atom. The molecule has 0 N–H and O–H groups in total. The van der Waals surface area contributed by atoms with Crippen molar-refractivity contribution in [2.45, 2.75) is 13.3 Å². The largest absolute Gasteiger partial charge is 0.434 e. The summed E-state index contributed by atoms with van der Waals surface area (Å²) in [6, 6.07) is 0. The molecule has 0 aromatic carbocycles. The van der Waals surface area contributed by atoms with Gasteiger partial charge in [-0.15, -0.1) is 0 Å². The van der Waals surface area contributed by atoms with E-state index in [0.29, 0.717) is 0 Å². The van der Waals surface area contributed by atoms with Gasteiger partial charge >= 0.3 is 5.97 Å². The summed E-state index contributed by atoms with van der Waals surface area (Å²) in [4.78, 5) is 10.3. The van der Waals surface area contributed by atoms with Crippen LogP contribution in [-0.4, -0.2) is 5.97 Å². The Hall–Kier alpha value is -1.25. The predicted molar refractivity (Wildman–Crippen MR) is 34.7 cm³/mol. The normalized spacial score (nSPS) is 15.5. The van der Waals surface area contributed by atoms with Gasteiger partial charge in [-0.2, -0.15) is 0 Å². The van der Waals surface area contributed by atoms with E-state index in [4.69, 9.17) is 4.74 Å². The van der Waals surface area contributed by atoms with Crippen molar-refractivity contribution in [1.82, 2.24) is 0 Å². The second-order valence-corrected chi connectivity index (χ2v) is 1.84. The molecule has 0 saturated carbocycles. The zero-order valence-corrected chi connectivity index (χ0v) is 5.66. The molecule has 1 heterocycles. The highest BCUT2D eigenvalue weighted by molar-refractivity contribution is 5.67. The minimum atomic E-state index is -0.360. The minimum Gasteiger partial charge on any atom is -0.434 e. The second-order valence-electron chi connectivity index (χ2n) is 1.84. The molecule has 0 bridgehead atoms.